The van der Waals surface area contributed by atoms with Crippen LogP contribution in [0.2, 0.25) is 0 Å². The molecular weight excluding hydrogens is 366 g/mol. The Kier molecular flexibility index (Phi) is 5.23. The van der Waals surface area contributed by atoms with Crippen molar-refractivity contribution in [3.63, 3.8) is 0 Å². The second-order valence-electron chi connectivity index (χ2n) is 8.09. The number of carbonyl (C=O) groups excluding carboxylic acids is 2. The number of hydrogen-bond acceptors (Lipinski definition) is 3. The predicted octanol–water partition coefficient (Wildman–Crippen LogP) is 3.27. The SMILES string of the molecule is CC#CCOC(=O)N1CCC2(CCN(C(=O)c3cc4ccccc4n3C)CC2)C1. The summed E-state index contributed by atoms with van der Waals surface area (Å²) in [7, 11) is 1.95. The van der Waals surface area contributed by atoms with Gasteiger partial charge in [-0.2, -0.15) is 0 Å². The first-order valence-electron chi connectivity index (χ1n) is 10.2. The first-order chi connectivity index (χ1) is 14.0. The highest BCUT2D eigenvalue weighted by Crippen LogP contribution is 2.40. The van der Waals surface area contributed by atoms with Crippen molar-refractivity contribution < 1.29 is 14.3 Å². The Labute approximate surface area is 171 Å². The van der Waals surface area contributed by atoms with Crippen LogP contribution in [0.1, 0.15) is 36.7 Å². The molecule has 0 bridgehead atoms. The lowest BCUT2D eigenvalue weighted by molar-refractivity contribution is 0.0570. The maximum absolute atomic E-state index is 13.1. The number of amides is 2. The maximum Gasteiger partial charge on any atom is 0.410 e. The van der Waals surface area contributed by atoms with E-state index in [1.165, 1.54) is 0 Å². The lowest BCUT2D eigenvalue weighted by Gasteiger charge is -2.39. The van der Waals surface area contributed by atoms with Gasteiger partial charge in [0.1, 0.15) is 5.69 Å². The molecule has 2 amide bonds. The minimum atomic E-state index is -0.279. The van der Waals surface area contributed by atoms with E-state index in [9.17, 15) is 9.59 Å². The fourth-order valence-electron chi connectivity index (χ4n) is 4.60. The Hall–Kier alpha value is -2.94. The Morgan fingerprint density at radius 3 is 2.48 bits per heavy atom. The van der Waals surface area contributed by atoms with Gasteiger partial charge in [-0.05, 0) is 43.7 Å². The molecule has 0 radical (unpaired) electrons. The quantitative estimate of drug-likeness (QED) is 0.736. The van der Waals surface area contributed by atoms with Gasteiger partial charge in [0.15, 0.2) is 6.61 Å². The summed E-state index contributed by atoms with van der Waals surface area (Å²) in [6.07, 6.45) is 2.53. The first-order valence-corrected chi connectivity index (χ1v) is 10.2. The molecule has 0 N–H and O–H groups in total. The zero-order valence-corrected chi connectivity index (χ0v) is 17.1. The van der Waals surface area contributed by atoms with Crippen LogP contribution in [0, 0.1) is 17.3 Å². The average molecular weight is 393 g/mol. The molecule has 0 unspecified atom stereocenters. The first kappa shape index (κ1) is 19.4. The zero-order valence-electron chi connectivity index (χ0n) is 17.1. The number of ether oxygens (including phenoxy) is 1. The summed E-state index contributed by atoms with van der Waals surface area (Å²) in [5.41, 5.74) is 1.91. The number of piperidine rings is 1. The van der Waals surface area contributed by atoms with E-state index < -0.39 is 0 Å². The molecule has 1 spiro atoms. The highest BCUT2D eigenvalue weighted by atomic mass is 16.6. The number of aromatic nitrogens is 1. The maximum atomic E-state index is 13.1. The van der Waals surface area contributed by atoms with Crippen LogP contribution in [0.4, 0.5) is 4.79 Å². The van der Waals surface area contributed by atoms with Crippen LogP contribution in [-0.4, -0.2) is 59.2 Å². The summed E-state index contributed by atoms with van der Waals surface area (Å²) in [6.45, 7) is 4.75. The Morgan fingerprint density at radius 1 is 1.10 bits per heavy atom. The van der Waals surface area contributed by atoms with Crippen LogP contribution in [-0.2, 0) is 11.8 Å². The van der Waals surface area contributed by atoms with Crippen molar-refractivity contribution in [2.24, 2.45) is 12.5 Å². The fourth-order valence-corrected chi connectivity index (χ4v) is 4.60. The van der Waals surface area contributed by atoms with Gasteiger partial charge >= 0.3 is 6.09 Å². The minimum absolute atomic E-state index is 0.0888. The molecule has 0 aliphatic carbocycles. The Morgan fingerprint density at radius 2 is 1.79 bits per heavy atom. The topological polar surface area (TPSA) is 54.8 Å². The number of fused-ring (bicyclic) bond motifs is 1. The van der Waals surface area contributed by atoms with Crippen LogP contribution < -0.4 is 0 Å². The second-order valence-corrected chi connectivity index (χ2v) is 8.09. The van der Waals surface area contributed by atoms with E-state index in [0.29, 0.717) is 6.54 Å². The minimum Gasteiger partial charge on any atom is -0.436 e. The smallest absolute Gasteiger partial charge is 0.410 e. The number of para-hydroxylation sites is 1. The highest BCUT2D eigenvalue weighted by Gasteiger charge is 2.43. The molecule has 3 heterocycles. The summed E-state index contributed by atoms with van der Waals surface area (Å²) < 4.78 is 7.19. The van der Waals surface area contributed by atoms with Gasteiger partial charge in [-0.3, -0.25) is 4.79 Å². The van der Waals surface area contributed by atoms with E-state index >= 15 is 0 Å². The molecule has 6 heteroatoms. The summed E-state index contributed by atoms with van der Waals surface area (Å²) in [6, 6.07) is 10.0. The van der Waals surface area contributed by atoms with Crippen LogP contribution in [0.25, 0.3) is 10.9 Å². The summed E-state index contributed by atoms with van der Waals surface area (Å²) in [5, 5.41) is 1.09. The van der Waals surface area contributed by atoms with E-state index in [4.69, 9.17) is 4.74 Å². The van der Waals surface area contributed by atoms with Gasteiger partial charge < -0.3 is 19.1 Å². The summed E-state index contributed by atoms with van der Waals surface area (Å²) in [5.74, 6) is 5.57. The van der Waals surface area contributed by atoms with Crippen LogP contribution >= 0.6 is 0 Å². The predicted molar refractivity (Wildman–Crippen MR) is 111 cm³/mol. The summed E-state index contributed by atoms with van der Waals surface area (Å²) >= 11 is 0. The van der Waals surface area contributed by atoms with Gasteiger partial charge in [-0.25, -0.2) is 4.79 Å². The third kappa shape index (κ3) is 3.69. The van der Waals surface area contributed by atoms with Crippen LogP contribution in [0.3, 0.4) is 0 Å². The van der Waals surface area contributed by atoms with Gasteiger partial charge in [0, 0.05) is 44.1 Å². The van der Waals surface area contributed by atoms with E-state index in [1.54, 1.807) is 11.8 Å². The number of likely N-dealkylation sites (tertiary alicyclic amines) is 2. The van der Waals surface area contributed by atoms with Crippen molar-refractivity contribution in [3.05, 3.63) is 36.0 Å². The second kappa shape index (κ2) is 7.82. The molecule has 29 heavy (non-hydrogen) atoms. The Balaban J connectivity index is 1.38. The van der Waals surface area contributed by atoms with Crippen molar-refractivity contribution in [3.8, 4) is 11.8 Å². The molecule has 2 saturated heterocycles. The number of carbonyl (C=O) groups is 2. The molecular formula is C23H27N3O3. The van der Waals surface area contributed by atoms with Crippen LogP contribution in [0.5, 0.6) is 0 Å². The van der Waals surface area contributed by atoms with Crippen molar-refractivity contribution >= 4 is 22.9 Å². The van der Waals surface area contributed by atoms with E-state index in [0.717, 1.165) is 55.5 Å². The molecule has 1 aromatic heterocycles. The van der Waals surface area contributed by atoms with Gasteiger partial charge in [-0.1, -0.05) is 24.1 Å². The number of hydrogen-bond donors (Lipinski definition) is 0. The van der Waals surface area contributed by atoms with Crippen molar-refractivity contribution in [2.45, 2.75) is 26.2 Å². The largest absolute Gasteiger partial charge is 0.436 e. The number of rotatable bonds is 2. The molecule has 0 atom stereocenters. The van der Waals surface area contributed by atoms with Crippen LogP contribution in [0.15, 0.2) is 30.3 Å². The van der Waals surface area contributed by atoms with Crippen molar-refractivity contribution in [2.75, 3.05) is 32.8 Å². The third-order valence-corrected chi connectivity index (χ3v) is 6.42. The van der Waals surface area contributed by atoms with Crippen molar-refractivity contribution in [1.82, 2.24) is 14.4 Å². The molecule has 6 nitrogen and oxygen atoms in total. The molecule has 2 aliphatic rings. The molecule has 2 fully saturated rings. The van der Waals surface area contributed by atoms with Gasteiger partial charge in [-0.15, -0.1) is 5.92 Å². The van der Waals surface area contributed by atoms with E-state index in [1.807, 2.05) is 46.8 Å². The fraction of sp³-hybridized carbons (Fsp3) is 0.478. The lowest BCUT2D eigenvalue weighted by atomic mass is 9.77. The average Bonchev–Trinajstić information content (AvgIpc) is 3.30. The van der Waals surface area contributed by atoms with E-state index in [2.05, 4.69) is 11.8 Å². The molecule has 2 aliphatic heterocycles. The van der Waals surface area contributed by atoms with E-state index in [-0.39, 0.29) is 24.0 Å². The highest BCUT2D eigenvalue weighted by molar-refractivity contribution is 5.98. The zero-order chi connectivity index (χ0) is 20.4. The molecule has 0 saturated carbocycles. The molecule has 1 aromatic carbocycles. The number of benzene rings is 1. The summed E-state index contributed by atoms with van der Waals surface area (Å²) in [4.78, 5) is 29.1. The van der Waals surface area contributed by atoms with Gasteiger partial charge in [0.2, 0.25) is 0 Å². The number of aryl methyl sites for hydroxylation is 1. The Bertz CT molecular complexity index is 990. The lowest BCUT2D eigenvalue weighted by Crippen LogP contribution is -2.45. The molecule has 4 rings (SSSR count). The number of nitrogens with zero attached hydrogens (tertiary/aromatic N) is 3. The third-order valence-electron chi connectivity index (χ3n) is 6.42. The standard InChI is InChI=1S/C23H27N3O3/c1-3-4-15-29-22(28)26-14-11-23(17-26)9-12-25(13-10-23)21(27)20-16-18-7-5-6-8-19(18)24(20)2/h5-8,16H,9-15,17H2,1-2H3. The normalized spacial score (nSPS) is 18.0. The van der Waals surface area contributed by atoms with Crippen molar-refractivity contribution in [1.29, 1.82) is 0 Å². The molecule has 2 aromatic rings. The monoisotopic (exact) mass is 393 g/mol. The van der Waals surface area contributed by atoms with Gasteiger partial charge in [0.25, 0.3) is 5.91 Å². The molecule has 152 valence electrons. The van der Waals surface area contributed by atoms with Gasteiger partial charge in [0.05, 0.1) is 0 Å².